The molecule has 0 radical (unpaired) electrons. The molecule has 0 saturated heterocycles. The molecule has 19 heavy (non-hydrogen) atoms. The number of hydrogen-bond donors (Lipinski definition) is 0. The summed E-state index contributed by atoms with van der Waals surface area (Å²) in [6, 6.07) is 7.15. The second-order valence-electron chi connectivity index (χ2n) is 5.80. The number of nitrogens with zero attached hydrogens (tertiary/aromatic N) is 2. The molecule has 2 aromatic rings. The Morgan fingerprint density at radius 1 is 1.37 bits per heavy atom. The average molecular weight is 277 g/mol. The van der Waals surface area contributed by atoms with Gasteiger partial charge in [-0.15, -0.1) is 11.6 Å². The normalized spacial score (nSPS) is 23.3. The van der Waals surface area contributed by atoms with Crippen LogP contribution in [0.25, 0.3) is 11.0 Å². The van der Waals surface area contributed by atoms with E-state index in [1.165, 1.54) is 30.3 Å². The van der Waals surface area contributed by atoms with Crippen molar-refractivity contribution in [3.05, 3.63) is 29.6 Å². The lowest BCUT2D eigenvalue weighted by atomic mass is 10.1. The van der Waals surface area contributed by atoms with Crippen LogP contribution < -0.4 is 0 Å². The van der Waals surface area contributed by atoms with Crippen LogP contribution in [0.5, 0.6) is 0 Å². The summed E-state index contributed by atoms with van der Waals surface area (Å²) in [7, 11) is 0. The SMILES string of the molecule is Cc1ccc2nc(CCCl)n(C3CCCC3C)c2c1. The van der Waals surface area contributed by atoms with Gasteiger partial charge < -0.3 is 4.57 Å². The Balaban J connectivity index is 2.17. The zero-order valence-corrected chi connectivity index (χ0v) is 12.5. The summed E-state index contributed by atoms with van der Waals surface area (Å²) in [5, 5.41) is 0. The van der Waals surface area contributed by atoms with Gasteiger partial charge in [0.25, 0.3) is 0 Å². The lowest BCUT2D eigenvalue weighted by molar-refractivity contribution is 0.406. The zero-order chi connectivity index (χ0) is 13.4. The molecule has 0 aliphatic heterocycles. The lowest BCUT2D eigenvalue weighted by Crippen LogP contribution is -2.15. The highest BCUT2D eigenvalue weighted by Crippen LogP contribution is 2.38. The first kappa shape index (κ1) is 13.0. The van der Waals surface area contributed by atoms with Crippen molar-refractivity contribution < 1.29 is 0 Å². The molecule has 2 atom stereocenters. The van der Waals surface area contributed by atoms with E-state index in [0.717, 1.165) is 23.7 Å². The monoisotopic (exact) mass is 276 g/mol. The molecule has 1 aromatic carbocycles. The third-order valence-corrected chi connectivity index (χ3v) is 4.57. The molecule has 102 valence electrons. The molecular formula is C16H21ClN2. The predicted molar refractivity (Wildman–Crippen MR) is 80.9 cm³/mol. The largest absolute Gasteiger partial charge is 0.325 e. The number of rotatable bonds is 3. The van der Waals surface area contributed by atoms with E-state index in [1.54, 1.807) is 0 Å². The van der Waals surface area contributed by atoms with E-state index in [1.807, 2.05) is 0 Å². The van der Waals surface area contributed by atoms with E-state index in [9.17, 15) is 0 Å². The molecule has 1 aliphatic rings. The topological polar surface area (TPSA) is 17.8 Å². The minimum atomic E-state index is 0.602. The fourth-order valence-corrected chi connectivity index (χ4v) is 3.56. The van der Waals surface area contributed by atoms with Gasteiger partial charge in [-0.05, 0) is 43.4 Å². The van der Waals surface area contributed by atoms with Crippen molar-refractivity contribution in [3.63, 3.8) is 0 Å². The van der Waals surface area contributed by atoms with Crippen LogP contribution in [0, 0.1) is 12.8 Å². The Labute approximate surface area is 119 Å². The lowest BCUT2D eigenvalue weighted by Gasteiger charge is -2.21. The number of hydrogen-bond acceptors (Lipinski definition) is 1. The summed E-state index contributed by atoms with van der Waals surface area (Å²) in [6.07, 6.45) is 4.79. The van der Waals surface area contributed by atoms with Gasteiger partial charge in [0.05, 0.1) is 11.0 Å². The van der Waals surface area contributed by atoms with Crippen LogP contribution in [-0.2, 0) is 6.42 Å². The second-order valence-corrected chi connectivity index (χ2v) is 6.18. The number of imidazole rings is 1. The first-order valence-electron chi connectivity index (χ1n) is 7.24. The van der Waals surface area contributed by atoms with E-state index in [4.69, 9.17) is 16.6 Å². The summed E-state index contributed by atoms with van der Waals surface area (Å²) >= 11 is 5.96. The number of benzene rings is 1. The molecule has 1 saturated carbocycles. The average Bonchev–Trinajstić information content (AvgIpc) is 2.93. The highest BCUT2D eigenvalue weighted by molar-refractivity contribution is 6.17. The highest BCUT2D eigenvalue weighted by Gasteiger charge is 2.28. The van der Waals surface area contributed by atoms with Crippen LogP contribution >= 0.6 is 11.6 Å². The molecule has 2 nitrogen and oxygen atoms in total. The Bertz CT molecular complexity index is 588. The highest BCUT2D eigenvalue weighted by atomic mass is 35.5. The van der Waals surface area contributed by atoms with Gasteiger partial charge in [-0.25, -0.2) is 4.98 Å². The van der Waals surface area contributed by atoms with Gasteiger partial charge >= 0.3 is 0 Å². The van der Waals surface area contributed by atoms with Gasteiger partial charge in [0.15, 0.2) is 0 Å². The number of aromatic nitrogens is 2. The van der Waals surface area contributed by atoms with Gasteiger partial charge in [0.2, 0.25) is 0 Å². The van der Waals surface area contributed by atoms with Crippen LogP contribution in [0.3, 0.4) is 0 Å². The molecule has 1 aliphatic carbocycles. The molecule has 3 heteroatoms. The minimum absolute atomic E-state index is 0.602. The Hall–Kier alpha value is -1.02. The maximum atomic E-state index is 5.96. The first-order chi connectivity index (χ1) is 9.20. The number of halogens is 1. The fourth-order valence-electron chi connectivity index (χ4n) is 3.39. The van der Waals surface area contributed by atoms with Gasteiger partial charge in [-0.3, -0.25) is 0 Å². The molecule has 1 fully saturated rings. The van der Waals surface area contributed by atoms with Crippen LogP contribution in [-0.4, -0.2) is 15.4 Å². The standard InChI is InChI=1S/C16H21ClN2/c1-11-6-7-13-15(10-11)19(16(18-13)8-9-17)14-5-3-4-12(14)2/h6-7,10,12,14H,3-5,8-9H2,1-2H3. The maximum absolute atomic E-state index is 5.96. The van der Waals surface area contributed by atoms with E-state index in [0.29, 0.717) is 11.9 Å². The van der Waals surface area contributed by atoms with Gasteiger partial charge in [-0.1, -0.05) is 19.4 Å². The molecule has 0 amide bonds. The van der Waals surface area contributed by atoms with E-state index < -0.39 is 0 Å². The van der Waals surface area contributed by atoms with Crippen LogP contribution in [0.2, 0.25) is 0 Å². The van der Waals surface area contributed by atoms with E-state index in [2.05, 4.69) is 36.6 Å². The summed E-state index contributed by atoms with van der Waals surface area (Å²) < 4.78 is 2.47. The molecule has 0 N–H and O–H groups in total. The van der Waals surface area contributed by atoms with Crippen molar-refractivity contribution in [3.8, 4) is 0 Å². The third-order valence-electron chi connectivity index (χ3n) is 4.38. The molecule has 0 bridgehead atoms. The fraction of sp³-hybridized carbons (Fsp3) is 0.562. The number of alkyl halides is 1. The van der Waals surface area contributed by atoms with Gasteiger partial charge in [0.1, 0.15) is 5.82 Å². The van der Waals surface area contributed by atoms with Crippen LogP contribution in [0.1, 0.15) is 43.6 Å². The quantitative estimate of drug-likeness (QED) is 0.756. The number of fused-ring (bicyclic) bond motifs is 1. The molecule has 0 spiro atoms. The molecular weight excluding hydrogens is 256 g/mol. The Morgan fingerprint density at radius 3 is 2.89 bits per heavy atom. The maximum Gasteiger partial charge on any atom is 0.111 e. The Morgan fingerprint density at radius 2 is 2.21 bits per heavy atom. The molecule has 3 rings (SSSR count). The minimum Gasteiger partial charge on any atom is -0.325 e. The van der Waals surface area contributed by atoms with Crippen molar-refractivity contribution in [1.82, 2.24) is 9.55 Å². The van der Waals surface area contributed by atoms with Crippen molar-refractivity contribution in [2.75, 3.05) is 5.88 Å². The van der Waals surface area contributed by atoms with E-state index >= 15 is 0 Å². The smallest absolute Gasteiger partial charge is 0.111 e. The zero-order valence-electron chi connectivity index (χ0n) is 11.7. The molecule has 2 unspecified atom stereocenters. The van der Waals surface area contributed by atoms with Gasteiger partial charge in [-0.2, -0.15) is 0 Å². The van der Waals surface area contributed by atoms with E-state index in [-0.39, 0.29) is 0 Å². The summed E-state index contributed by atoms with van der Waals surface area (Å²) in [5.74, 6) is 2.55. The van der Waals surface area contributed by atoms with Crippen molar-refractivity contribution in [1.29, 1.82) is 0 Å². The first-order valence-corrected chi connectivity index (χ1v) is 7.77. The summed E-state index contributed by atoms with van der Waals surface area (Å²) in [4.78, 5) is 4.80. The molecule has 1 aromatic heterocycles. The van der Waals surface area contributed by atoms with Gasteiger partial charge in [0, 0.05) is 18.3 Å². The third kappa shape index (κ3) is 2.27. The van der Waals surface area contributed by atoms with Crippen molar-refractivity contribution in [2.24, 2.45) is 5.92 Å². The second kappa shape index (κ2) is 5.16. The van der Waals surface area contributed by atoms with Crippen molar-refractivity contribution in [2.45, 2.75) is 45.6 Å². The Kier molecular flexibility index (Phi) is 3.53. The van der Waals surface area contributed by atoms with Crippen molar-refractivity contribution >= 4 is 22.6 Å². The predicted octanol–water partition coefficient (Wildman–Crippen LogP) is 4.49. The van der Waals surface area contributed by atoms with Crippen LogP contribution in [0.4, 0.5) is 0 Å². The van der Waals surface area contributed by atoms with Crippen LogP contribution in [0.15, 0.2) is 18.2 Å². The number of aryl methyl sites for hydroxylation is 2. The molecule has 1 heterocycles. The summed E-state index contributed by atoms with van der Waals surface area (Å²) in [5.41, 5.74) is 3.71. The summed E-state index contributed by atoms with van der Waals surface area (Å²) in [6.45, 7) is 4.51.